The van der Waals surface area contributed by atoms with Gasteiger partial charge in [-0.2, -0.15) is 0 Å². The van der Waals surface area contributed by atoms with E-state index in [1.165, 1.54) is 12.1 Å². The molecular weight excluding hydrogens is 227 g/mol. The summed E-state index contributed by atoms with van der Waals surface area (Å²) in [5.74, 6) is -0.124. The number of hydrogen-bond donors (Lipinski definition) is 1. The summed E-state index contributed by atoms with van der Waals surface area (Å²) in [6.07, 6.45) is 0. The molecule has 1 N–H and O–H groups in total. The van der Waals surface area contributed by atoms with Gasteiger partial charge in [-0.1, -0.05) is 17.7 Å². The molecule has 0 aromatic heterocycles. The molecule has 3 heteroatoms. The number of aromatic hydroxyl groups is 1. The Kier molecular flexibility index (Phi) is 2.84. The van der Waals surface area contributed by atoms with Crippen molar-refractivity contribution >= 4 is 11.6 Å². The van der Waals surface area contributed by atoms with Crippen molar-refractivity contribution in [1.82, 2.24) is 0 Å². The number of phenolic OH excluding ortho intramolecular Hbond substituents is 1. The Morgan fingerprint density at radius 2 is 1.88 bits per heavy atom. The Balaban J connectivity index is 2.58. The highest BCUT2D eigenvalue weighted by molar-refractivity contribution is 6.31. The Morgan fingerprint density at radius 1 is 1.12 bits per heavy atom. The first-order valence-corrected chi connectivity index (χ1v) is 5.21. The van der Waals surface area contributed by atoms with E-state index in [4.69, 9.17) is 11.6 Å². The lowest BCUT2D eigenvalue weighted by atomic mass is 10.0. The summed E-state index contributed by atoms with van der Waals surface area (Å²) < 4.78 is 13.1. The monoisotopic (exact) mass is 236 g/mol. The second-order valence-electron chi connectivity index (χ2n) is 3.63. The quantitative estimate of drug-likeness (QED) is 0.788. The van der Waals surface area contributed by atoms with Crippen molar-refractivity contribution in [1.29, 1.82) is 0 Å². The molecule has 0 fully saturated rings. The molecule has 2 aromatic rings. The van der Waals surface area contributed by atoms with Crippen molar-refractivity contribution in [3.8, 4) is 16.9 Å². The third kappa shape index (κ3) is 2.02. The molecule has 0 heterocycles. The van der Waals surface area contributed by atoms with Crippen molar-refractivity contribution in [2.45, 2.75) is 6.92 Å². The molecular formula is C13H10ClFO. The smallest absolute Gasteiger partial charge is 0.126 e. The fraction of sp³-hybridized carbons (Fsp3) is 0.0769. The van der Waals surface area contributed by atoms with Crippen LogP contribution in [0.1, 0.15) is 5.56 Å². The van der Waals surface area contributed by atoms with Crippen molar-refractivity contribution < 1.29 is 9.50 Å². The first-order chi connectivity index (χ1) is 7.58. The second kappa shape index (κ2) is 4.14. The molecule has 2 aromatic carbocycles. The van der Waals surface area contributed by atoms with E-state index in [0.29, 0.717) is 16.1 Å². The molecule has 2 rings (SSSR count). The van der Waals surface area contributed by atoms with Crippen LogP contribution in [0.25, 0.3) is 11.1 Å². The maximum Gasteiger partial charge on any atom is 0.126 e. The van der Waals surface area contributed by atoms with E-state index >= 15 is 0 Å². The number of rotatable bonds is 1. The maximum absolute atomic E-state index is 13.1. The normalized spacial score (nSPS) is 10.4. The van der Waals surface area contributed by atoms with Crippen LogP contribution in [0.2, 0.25) is 5.02 Å². The topological polar surface area (TPSA) is 20.2 Å². The van der Waals surface area contributed by atoms with Crippen LogP contribution in [0, 0.1) is 12.7 Å². The van der Waals surface area contributed by atoms with Gasteiger partial charge < -0.3 is 5.11 Å². The van der Waals surface area contributed by atoms with Gasteiger partial charge in [-0.25, -0.2) is 4.39 Å². The first-order valence-electron chi connectivity index (χ1n) is 4.83. The van der Waals surface area contributed by atoms with Gasteiger partial charge >= 0.3 is 0 Å². The average Bonchev–Trinajstić information content (AvgIpc) is 2.26. The highest BCUT2D eigenvalue weighted by atomic mass is 35.5. The van der Waals surface area contributed by atoms with Crippen LogP contribution in [0.4, 0.5) is 4.39 Å². The molecule has 0 atom stereocenters. The highest BCUT2D eigenvalue weighted by Crippen LogP contribution is 2.32. The van der Waals surface area contributed by atoms with E-state index < -0.39 is 0 Å². The molecule has 0 aliphatic heterocycles. The van der Waals surface area contributed by atoms with Gasteiger partial charge in [0, 0.05) is 10.6 Å². The molecule has 82 valence electrons. The number of phenols is 1. The van der Waals surface area contributed by atoms with E-state index in [1.807, 2.05) is 0 Å². The zero-order chi connectivity index (χ0) is 11.7. The predicted molar refractivity (Wildman–Crippen MR) is 63.2 cm³/mol. The maximum atomic E-state index is 13.1. The molecule has 0 aliphatic rings. The van der Waals surface area contributed by atoms with E-state index in [9.17, 15) is 9.50 Å². The van der Waals surface area contributed by atoms with Gasteiger partial charge in [-0.3, -0.25) is 0 Å². The number of hydrogen-bond acceptors (Lipinski definition) is 1. The Hall–Kier alpha value is -1.54. The van der Waals surface area contributed by atoms with Gasteiger partial charge in [0.1, 0.15) is 11.6 Å². The number of benzene rings is 2. The molecule has 0 aliphatic carbocycles. The predicted octanol–water partition coefficient (Wildman–Crippen LogP) is 4.16. The van der Waals surface area contributed by atoms with E-state index in [0.717, 1.165) is 5.56 Å². The van der Waals surface area contributed by atoms with Gasteiger partial charge in [0.05, 0.1) is 0 Å². The minimum Gasteiger partial charge on any atom is -0.507 e. The minimum atomic E-state index is -0.259. The number of aryl methyl sites for hydroxylation is 1. The summed E-state index contributed by atoms with van der Waals surface area (Å²) in [5, 5.41) is 10.2. The van der Waals surface area contributed by atoms with E-state index in [2.05, 4.69) is 0 Å². The lowest BCUT2D eigenvalue weighted by Crippen LogP contribution is -1.85. The van der Waals surface area contributed by atoms with Crippen LogP contribution in [0.3, 0.4) is 0 Å². The summed E-state index contributed by atoms with van der Waals surface area (Å²) >= 11 is 5.85. The lowest BCUT2D eigenvalue weighted by molar-refractivity contribution is 0.477. The van der Waals surface area contributed by atoms with Crippen LogP contribution in [0.5, 0.6) is 5.75 Å². The minimum absolute atomic E-state index is 0.135. The van der Waals surface area contributed by atoms with Gasteiger partial charge in [0.15, 0.2) is 0 Å². The molecule has 0 amide bonds. The average molecular weight is 237 g/mol. The molecule has 0 radical (unpaired) electrons. The summed E-state index contributed by atoms with van der Waals surface area (Å²) in [5.41, 5.74) is 1.89. The Morgan fingerprint density at radius 3 is 2.56 bits per heavy atom. The fourth-order valence-electron chi connectivity index (χ4n) is 1.55. The lowest BCUT2D eigenvalue weighted by Gasteiger charge is -2.06. The van der Waals surface area contributed by atoms with Crippen LogP contribution in [-0.2, 0) is 0 Å². The fourth-order valence-corrected chi connectivity index (χ4v) is 1.72. The standard InChI is InChI=1S/C13H10ClFO/c1-8-6-9(2-4-12(8)15)11-7-10(14)3-5-13(11)16/h2-7,16H,1H3. The summed E-state index contributed by atoms with van der Waals surface area (Å²) in [6.45, 7) is 1.68. The Labute approximate surface area is 98.1 Å². The van der Waals surface area contributed by atoms with Gasteiger partial charge in [-0.05, 0) is 48.4 Å². The highest BCUT2D eigenvalue weighted by Gasteiger charge is 2.06. The van der Waals surface area contributed by atoms with Crippen LogP contribution in [0.15, 0.2) is 36.4 Å². The molecule has 0 bridgehead atoms. The third-order valence-electron chi connectivity index (χ3n) is 2.43. The third-order valence-corrected chi connectivity index (χ3v) is 2.66. The zero-order valence-corrected chi connectivity index (χ0v) is 9.42. The summed E-state index contributed by atoms with van der Waals surface area (Å²) in [4.78, 5) is 0. The number of halogens is 2. The van der Waals surface area contributed by atoms with E-state index in [-0.39, 0.29) is 11.6 Å². The Bertz CT molecular complexity index is 537. The van der Waals surface area contributed by atoms with Crippen LogP contribution >= 0.6 is 11.6 Å². The second-order valence-corrected chi connectivity index (χ2v) is 4.06. The van der Waals surface area contributed by atoms with Crippen LogP contribution in [-0.4, -0.2) is 5.11 Å². The summed E-state index contributed by atoms with van der Waals surface area (Å²) in [6, 6.07) is 9.47. The zero-order valence-electron chi connectivity index (χ0n) is 8.67. The largest absolute Gasteiger partial charge is 0.507 e. The molecule has 1 nitrogen and oxygen atoms in total. The van der Waals surface area contributed by atoms with Crippen molar-refractivity contribution in [3.05, 3.63) is 52.8 Å². The van der Waals surface area contributed by atoms with Gasteiger partial charge in [0.25, 0.3) is 0 Å². The summed E-state index contributed by atoms with van der Waals surface area (Å²) in [7, 11) is 0. The molecule has 0 spiro atoms. The van der Waals surface area contributed by atoms with Gasteiger partial charge in [0.2, 0.25) is 0 Å². The van der Waals surface area contributed by atoms with Crippen molar-refractivity contribution in [2.75, 3.05) is 0 Å². The SMILES string of the molecule is Cc1cc(-c2cc(Cl)ccc2O)ccc1F. The first kappa shape index (κ1) is 11.0. The molecule has 0 unspecified atom stereocenters. The van der Waals surface area contributed by atoms with E-state index in [1.54, 1.807) is 31.2 Å². The molecule has 0 saturated carbocycles. The molecule has 16 heavy (non-hydrogen) atoms. The van der Waals surface area contributed by atoms with Gasteiger partial charge in [-0.15, -0.1) is 0 Å². The molecule has 0 saturated heterocycles. The van der Waals surface area contributed by atoms with Crippen LogP contribution < -0.4 is 0 Å². The van der Waals surface area contributed by atoms with Crippen molar-refractivity contribution in [3.63, 3.8) is 0 Å². The van der Waals surface area contributed by atoms with Crippen molar-refractivity contribution in [2.24, 2.45) is 0 Å².